The molecule has 1 aromatic carbocycles. The molecule has 0 amide bonds. The van der Waals surface area contributed by atoms with Crippen LogP contribution >= 0.6 is 11.6 Å². The Labute approximate surface area is 115 Å². The lowest BCUT2D eigenvalue weighted by atomic mass is 10.1. The first-order chi connectivity index (χ1) is 9.24. The zero-order chi connectivity index (χ0) is 13.0. The Morgan fingerprint density at radius 3 is 2.95 bits per heavy atom. The fourth-order valence-electron chi connectivity index (χ4n) is 2.75. The van der Waals surface area contributed by atoms with Crippen LogP contribution in [0.1, 0.15) is 24.4 Å². The number of rotatable bonds is 2. The van der Waals surface area contributed by atoms with Crippen molar-refractivity contribution < 1.29 is 9.47 Å². The Bertz CT molecular complexity index is 571. The van der Waals surface area contributed by atoms with Crippen LogP contribution in [0.2, 0.25) is 5.02 Å². The van der Waals surface area contributed by atoms with E-state index in [0.717, 1.165) is 5.56 Å². The van der Waals surface area contributed by atoms with Gasteiger partial charge in [0, 0.05) is 6.04 Å². The van der Waals surface area contributed by atoms with E-state index in [-0.39, 0.29) is 12.8 Å². The number of nitrogens with zero attached hydrogens (tertiary/aromatic N) is 2. The summed E-state index contributed by atoms with van der Waals surface area (Å²) in [5.41, 5.74) is 7.07. The second-order valence-corrected chi connectivity index (χ2v) is 5.50. The minimum atomic E-state index is 0.166. The van der Waals surface area contributed by atoms with Crippen molar-refractivity contribution in [3.8, 4) is 11.5 Å². The van der Waals surface area contributed by atoms with Gasteiger partial charge in [-0.15, -0.1) is 0 Å². The lowest BCUT2D eigenvalue weighted by molar-refractivity contribution is 0.174. The van der Waals surface area contributed by atoms with Crippen LogP contribution < -0.4 is 15.2 Å². The van der Waals surface area contributed by atoms with E-state index in [0.29, 0.717) is 35.1 Å². The Balaban J connectivity index is 1.71. The van der Waals surface area contributed by atoms with Gasteiger partial charge in [0.15, 0.2) is 17.5 Å². The standard InChI is InChI=1S/C13H14ClN3O2/c14-9-3-7(4-11-12(9)19-6-18-11)10-5-16-13(15)17(10)8-1-2-8/h3-4,8,10H,1-2,5-6H2,(H2,15,16). The monoisotopic (exact) mass is 279 g/mol. The molecule has 0 bridgehead atoms. The molecule has 100 valence electrons. The number of hydrogen-bond acceptors (Lipinski definition) is 5. The van der Waals surface area contributed by atoms with Crippen LogP contribution in [0.5, 0.6) is 11.5 Å². The number of nitrogens with two attached hydrogens (primary N) is 1. The molecule has 0 saturated heterocycles. The Kier molecular flexibility index (Phi) is 2.33. The summed E-state index contributed by atoms with van der Waals surface area (Å²) in [6.07, 6.45) is 2.37. The number of hydrogen-bond donors (Lipinski definition) is 1. The highest BCUT2D eigenvalue weighted by atomic mass is 35.5. The van der Waals surface area contributed by atoms with Crippen LogP contribution in [0, 0.1) is 0 Å². The summed E-state index contributed by atoms with van der Waals surface area (Å²) in [4.78, 5) is 6.57. The maximum absolute atomic E-state index is 6.24. The summed E-state index contributed by atoms with van der Waals surface area (Å²) in [6.45, 7) is 0.909. The van der Waals surface area contributed by atoms with Gasteiger partial charge in [-0.3, -0.25) is 4.99 Å². The molecule has 2 N–H and O–H groups in total. The van der Waals surface area contributed by atoms with E-state index < -0.39 is 0 Å². The van der Waals surface area contributed by atoms with Crippen LogP contribution in [0.25, 0.3) is 0 Å². The Morgan fingerprint density at radius 1 is 1.32 bits per heavy atom. The lowest BCUT2D eigenvalue weighted by Crippen LogP contribution is -2.37. The zero-order valence-electron chi connectivity index (χ0n) is 10.3. The third kappa shape index (κ3) is 1.72. The fourth-order valence-corrected chi connectivity index (χ4v) is 3.02. The van der Waals surface area contributed by atoms with Crippen LogP contribution in [0.15, 0.2) is 17.1 Å². The smallest absolute Gasteiger partial charge is 0.231 e. The van der Waals surface area contributed by atoms with Gasteiger partial charge in [-0.1, -0.05) is 11.6 Å². The van der Waals surface area contributed by atoms with Crippen LogP contribution in [-0.2, 0) is 0 Å². The van der Waals surface area contributed by atoms with Crippen LogP contribution in [0.3, 0.4) is 0 Å². The van der Waals surface area contributed by atoms with Gasteiger partial charge < -0.3 is 20.1 Å². The molecule has 0 radical (unpaired) electrons. The molecule has 1 aromatic rings. The van der Waals surface area contributed by atoms with Crippen LogP contribution in [0.4, 0.5) is 0 Å². The molecule has 1 unspecified atom stereocenters. The van der Waals surface area contributed by atoms with E-state index in [9.17, 15) is 0 Å². The molecule has 1 fully saturated rings. The van der Waals surface area contributed by atoms with Crippen molar-refractivity contribution in [1.29, 1.82) is 0 Å². The van der Waals surface area contributed by atoms with Gasteiger partial charge in [-0.05, 0) is 30.5 Å². The highest BCUT2D eigenvalue weighted by Crippen LogP contribution is 2.44. The average molecular weight is 280 g/mol. The van der Waals surface area contributed by atoms with Gasteiger partial charge in [0.2, 0.25) is 6.79 Å². The number of guanidine groups is 1. The van der Waals surface area contributed by atoms with Crippen molar-refractivity contribution >= 4 is 17.6 Å². The normalized spacial score (nSPS) is 24.8. The van der Waals surface area contributed by atoms with Crippen molar-refractivity contribution in [3.63, 3.8) is 0 Å². The summed E-state index contributed by atoms with van der Waals surface area (Å²) in [5, 5.41) is 0.589. The molecule has 0 spiro atoms. The molecule has 3 aliphatic rings. The Morgan fingerprint density at radius 2 is 2.16 bits per heavy atom. The molecule has 1 saturated carbocycles. The number of ether oxygens (including phenoxy) is 2. The molecule has 6 heteroatoms. The fraction of sp³-hybridized carbons (Fsp3) is 0.462. The van der Waals surface area contributed by atoms with E-state index >= 15 is 0 Å². The zero-order valence-corrected chi connectivity index (χ0v) is 11.1. The summed E-state index contributed by atoms with van der Waals surface area (Å²) in [6, 6.07) is 4.62. The summed E-state index contributed by atoms with van der Waals surface area (Å²) in [5.74, 6) is 1.99. The van der Waals surface area contributed by atoms with E-state index in [1.54, 1.807) is 0 Å². The minimum absolute atomic E-state index is 0.166. The van der Waals surface area contributed by atoms with Gasteiger partial charge in [0.1, 0.15) is 0 Å². The second-order valence-electron chi connectivity index (χ2n) is 5.09. The lowest BCUT2D eigenvalue weighted by Gasteiger charge is -2.26. The number of benzene rings is 1. The second kappa shape index (κ2) is 3.93. The van der Waals surface area contributed by atoms with Gasteiger partial charge in [-0.25, -0.2) is 0 Å². The predicted molar refractivity (Wildman–Crippen MR) is 71.7 cm³/mol. The maximum atomic E-state index is 6.24. The van der Waals surface area contributed by atoms with E-state index in [1.807, 2.05) is 12.1 Å². The molecule has 4 rings (SSSR count). The average Bonchev–Trinajstić information content (AvgIpc) is 2.97. The summed E-state index contributed by atoms with van der Waals surface area (Å²) >= 11 is 6.24. The van der Waals surface area contributed by atoms with Gasteiger partial charge >= 0.3 is 0 Å². The summed E-state index contributed by atoms with van der Waals surface area (Å²) < 4.78 is 10.8. The van der Waals surface area contributed by atoms with Crippen LogP contribution in [-0.4, -0.2) is 30.2 Å². The minimum Gasteiger partial charge on any atom is -0.454 e. The topological polar surface area (TPSA) is 60.1 Å². The van der Waals surface area contributed by atoms with E-state index in [2.05, 4.69) is 9.89 Å². The van der Waals surface area contributed by atoms with Gasteiger partial charge in [0.25, 0.3) is 0 Å². The molecular weight excluding hydrogens is 266 g/mol. The predicted octanol–water partition coefficient (Wildman–Crippen LogP) is 1.90. The summed E-state index contributed by atoms with van der Waals surface area (Å²) in [7, 11) is 0. The third-order valence-electron chi connectivity index (χ3n) is 3.80. The number of aliphatic imine (C=N–C) groups is 1. The highest BCUT2D eigenvalue weighted by molar-refractivity contribution is 6.32. The van der Waals surface area contributed by atoms with Crippen molar-refractivity contribution in [3.05, 3.63) is 22.7 Å². The first-order valence-electron chi connectivity index (χ1n) is 6.41. The maximum Gasteiger partial charge on any atom is 0.231 e. The molecule has 19 heavy (non-hydrogen) atoms. The van der Waals surface area contributed by atoms with Crippen molar-refractivity contribution in [2.75, 3.05) is 13.3 Å². The van der Waals surface area contributed by atoms with Gasteiger partial charge in [0.05, 0.1) is 17.6 Å². The quantitative estimate of drug-likeness (QED) is 0.898. The van der Waals surface area contributed by atoms with Crippen molar-refractivity contribution in [2.24, 2.45) is 10.7 Å². The Hall–Kier alpha value is -1.62. The first-order valence-corrected chi connectivity index (χ1v) is 6.79. The van der Waals surface area contributed by atoms with Crippen molar-refractivity contribution in [1.82, 2.24) is 4.90 Å². The van der Waals surface area contributed by atoms with Gasteiger partial charge in [-0.2, -0.15) is 0 Å². The molecular formula is C13H14ClN3O2. The molecule has 2 aliphatic heterocycles. The molecule has 5 nitrogen and oxygen atoms in total. The van der Waals surface area contributed by atoms with Crippen molar-refractivity contribution in [2.45, 2.75) is 24.9 Å². The largest absolute Gasteiger partial charge is 0.454 e. The first kappa shape index (κ1) is 11.2. The molecule has 1 atom stereocenters. The van der Waals surface area contributed by atoms with E-state index in [4.69, 9.17) is 26.8 Å². The SMILES string of the molecule is NC1=NCC(c2cc(Cl)c3c(c2)OCO3)N1C1CC1. The molecule has 2 heterocycles. The number of fused-ring (bicyclic) bond motifs is 1. The highest BCUT2D eigenvalue weighted by Gasteiger charge is 2.39. The molecule has 0 aromatic heterocycles. The molecule has 1 aliphatic carbocycles. The third-order valence-corrected chi connectivity index (χ3v) is 4.08. The number of halogens is 1. The van der Waals surface area contributed by atoms with E-state index in [1.165, 1.54) is 12.8 Å².